The van der Waals surface area contributed by atoms with Crippen LogP contribution in [0.4, 0.5) is 5.95 Å². The number of nitrogens with one attached hydrogen (secondary N) is 1. The van der Waals surface area contributed by atoms with Gasteiger partial charge in [-0.15, -0.1) is 10.2 Å². The fourth-order valence-electron chi connectivity index (χ4n) is 2.15. The molecular formula is C19H18N6OS. The summed E-state index contributed by atoms with van der Waals surface area (Å²) in [6.07, 6.45) is 5.32. The number of anilines is 1. The molecule has 0 spiro atoms. The summed E-state index contributed by atoms with van der Waals surface area (Å²) in [5, 5.41) is 12.4. The van der Waals surface area contributed by atoms with Crippen LogP contribution >= 0.6 is 11.8 Å². The van der Waals surface area contributed by atoms with Crippen molar-refractivity contribution in [2.24, 2.45) is 5.10 Å². The van der Waals surface area contributed by atoms with Gasteiger partial charge in [-0.1, -0.05) is 78.5 Å². The second kappa shape index (κ2) is 9.35. The number of benzene rings is 2. The van der Waals surface area contributed by atoms with E-state index in [0.717, 1.165) is 5.56 Å². The number of hydrogen-bond donors (Lipinski definition) is 2. The monoisotopic (exact) mass is 378 g/mol. The van der Waals surface area contributed by atoms with Gasteiger partial charge in [0.05, 0.1) is 5.75 Å². The zero-order valence-corrected chi connectivity index (χ0v) is 15.2. The van der Waals surface area contributed by atoms with Gasteiger partial charge in [-0.3, -0.25) is 4.79 Å². The maximum absolute atomic E-state index is 12.1. The van der Waals surface area contributed by atoms with E-state index in [1.807, 2.05) is 54.6 Å². The summed E-state index contributed by atoms with van der Waals surface area (Å²) in [6, 6.07) is 19.0. The maximum atomic E-state index is 12.1. The van der Waals surface area contributed by atoms with Crippen LogP contribution in [-0.2, 0) is 0 Å². The van der Waals surface area contributed by atoms with Gasteiger partial charge in [-0.2, -0.15) is 5.10 Å². The lowest BCUT2D eigenvalue weighted by Gasteiger charge is -2.02. The molecule has 3 rings (SSSR count). The number of aromatic nitrogens is 3. The molecule has 27 heavy (non-hydrogen) atoms. The van der Waals surface area contributed by atoms with Crippen molar-refractivity contribution in [3.05, 3.63) is 77.9 Å². The Balaban J connectivity index is 1.52. The Labute approximate surface area is 161 Å². The number of carbonyl (C=O) groups excluding carboxylic acids is 1. The maximum Gasteiger partial charge on any atom is 0.264 e. The Kier molecular flexibility index (Phi) is 6.37. The van der Waals surface area contributed by atoms with Crippen molar-refractivity contribution in [2.45, 2.75) is 5.16 Å². The van der Waals surface area contributed by atoms with E-state index in [9.17, 15) is 4.79 Å². The fraction of sp³-hybridized carbons (Fsp3) is 0.0526. The van der Waals surface area contributed by atoms with Crippen molar-refractivity contribution in [1.29, 1.82) is 0 Å². The summed E-state index contributed by atoms with van der Waals surface area (Å²) in [5.74, 6) is 6.45. The summed E-state index contributed by atoms with van der Waals surface area (Å²) < 4.78 is 1.27. The van der Waals surface area contributed by atoms with Crippen LogP contribution in [0.2, 0.25) is 0 Å². The molecule has 0 fully saturated rings. The molecule has 0 aliphatic rings. The van der Waals surface area contributed by atoms with E-state index in [-0.39, 0.29) is 17.5 Å². The van der Waals surface area contributed by atoms with Crippen molar-refractivity contribution < 1.29 is 4.79 Å². The van der Waals surface area contributed by atoms with E-state index < -0.39 is 0 Å². The highest BCUT2D eigenvalue weighted by atomic mass is 32.2. The highest BCUT2D eigenvalue weighted by Crippen LogP contribution is 2.18. The molecule has 1 aromatic heterocycles. The summed E-state index contributed by atoms with van der Waals surface area (Å²) in [6.45, 7) is 0. The lowest BCUT2D eigenvalue weighted by atomic mass is 10.2. The summed E-state index contributed by atoms with van der Waals surface area (Å²) >= 11 is 1.22. The van der Waals surface area contributed by atoms with Crippen LogP contribution in [0.15, 0.2) is 77.0 Å². The number of hydrogen-bond acceptors (Lipinski definition) is 7. The number of nitrogen functional groups attached to an aromatic ring is 1. The van der Waals surface area contributed by atoms with Crippen LogP contribution in [0.25, 0.3) is 6.08 Å². The van der Waals surface area contributed by atoms with Crippen LogP contribution in [0, 0.1) is 0 Å². The third kappa shape index (κ3) is 5.29. The topological polar surface area (TPSA) is 98.2 Å². The number of nitrogens with two attached hydrogens (primary N) is 1. The van der Waals surface area contributed by atoms with Gasteiger partial charge in [-0.25, -0.2) is 10.1 Å². The number of rotatable bonds is 8. The Morgan fingerprint density at radius 1 is 1.11 bits per heavy atom. The first kappa shape index (κ1) is 18.4. The Morgan fingerprint density at radius 2 is 1.81 bits per heavy atom. The van der Waals surface area contributed by atoms with Gasteiger partial charge in [0.15, 0.2) is 5.78 Å². The minimum Gasteiger partial charge on any atom is -0.334 e. The van der Waals surface area contributed by atoms with Gasteiger partial charge in [0.25, 0.3) is 5.95 Å². The van der Waals surface area contributed by atoms with Crippen molar-refractivity contribution in [3.8, 4) is 0 Å². The smallest absolute Gasteiger partial charge is 0.264 e. The molecule has 3 N–H and O–H groups in total. The second-order valence-corrected chi connectivity index (χ2v) is 6.36. The molecule has 0 unspecified atom stereocenters. The minimum absolute atomic E-state index is 0.00202. The average molecular weight is 378 g/mol. The molecule has 0 saturated carbocycles. The average Bonchev–Trinajstić information content (AvgIpc) is 3.07. The Bertz CT molecular complexity index is 937. The van der Waals surface area contributed by atoms with E-state index in [2.05, 4.69) is 20.7 Å². The second-order valence-electron chi connectivity index (χ2n) is 5.41. The van der Waals surface area contributed by atoms with Crippen LogP contribution in [0.3, 0.4) is 0 Å². The first-order chi connectivity index (χ1) is 13.2. The molecule has 136 valence electrons. The highest BCUT2D eigenvalue weighted by Gasteiger charge is 2.12. The molecule has 8 heteroatoms. The summed E-state index contributed by atoms with van der Waals surface area (Å²) in [7, 11) is 0. The largest absolute Gasteiger partial charge is 0.334 e. The molecular weight excluding hydrogens is 360 g/mol. The van der Waals surface area contributed by atoms with Crippen molar-refractivity contribution in [3.63, 3.8) is 0 Å². The number of Topliss-reactive ketones (excluding diaryl/α,β-unsaturated/α-hetero) is 1. The van der Waals surface area contributed by atoms with Crippen LogP contribution in [-0.4, -0.2) is 32.6 Å². The molecule has 1 heterocycles. The standard InChI is InChI=1S/C19H18N6OS/c20-25-18(22-21-13-7-10-15-8-3-1-4-9-15)23-24-19(25)27-14-17(26)16-11-5-2-6-12-16/h1-13H,14,20H2,(H,22,23)/b10-7+,21-13+. The van der Waals surface area contributed by atoms with Gasteiger partial charge in [0, 0.05) is 11.8 Å². The van der Waals surface area contributed by atoms with Gasteiger partial charge >= 0.3 is 0 Å². The van der Waals surface area contributed by atoms with Crippen molar-refractivity contribution >= 4 is 35.8 Å². The lowest BCUT2D eigenvalue weighted by Crippen LogP contribution is -2.14. The molecule has 0 radical (unpaired) electrons. The van der Waals surface area contributed by atoms with E-state index in [1.54, 1.807) is 24.4 Å². The number of nitrogens with zero attached hydrogens (tertiary/aromatic N) is 4. The molecule has 0 aliphatic heterocycles. The fourth-order valence-corrected chi connectivity index (χ4v) is 2.90. The van der Waals surface area contributed by atoms with Gasteiger partial charge in [0.1, 0.15) is 0 Å². The molecule has 2 aromatic carbocycles. The zero-order chi connectivity index (χ0) is 18.9. The minimum atomic E-state index is 0.00202. The molecule has 0 amide bonds. The van der Waals surface area contributed by atoms with E-state index in [0.29, 0.717) is 10.7 Å². The van der Waals surface area contributed by atoms with Crippen LogP contribution in [0.1, 0.15) is 15.9 Å². The summed E-state index contributed by atoms with van der Waals surface area (Å²) in [4.78, 5) is 12.1. The molecule has 0 aliphatic carbocycles. The molecule has 3 aromatic rings. The Hall–Kier alpha value is -3.39. The third-order valence-electron chi connectivity index (χ3n) is 3.51. The third-order valence-corrected chi connectivity index (χ3v) is 4.45. The lowest BCUT2D eigenvalue weighted by molar-refractivity contribution is 0.102. The van der Waals surface area contributed by atoms with Crippen LogP contribution < -0.4 is 11.3 Å². The number of allylic oxidation sites excluding steroid dienone is 1. The van der Waals surface area contributed by atoms with Gasteiger partial charge in [0.2, 0.25) is 5.16 Å². The normalized spacial score (nSPS) is 11.3. The van der Waals surface area contributed by atoms with Crippen molar-refractivity contribution in [2.75, 3.05) is 17.0 Å². The molecule has 0 saturated heterocycles. The van der Waals surface area contributed by atoms with Crippen LogP contribution in [0.5, 0.6) is 0 Å². The SMILES string of the molecule is Nn1c(N/N=C/C=C/c2ccccc2)nnc1SCC(=O)c1ccccc1. The number of thioether (sulfide) groups is 1. The van der Waals surface area contributed by atoms with E-state index in [1.165, 1.54) is 16.4 Å². The number of hydrazone groups is 1. The first-order valence-corrected chi connectivity index (χ1v) is 9.15. The zero-order valence-electron chi connectivity index (χ0n) is 14.4. The quantitative estimate of drug-likeness (QED) is 0.205. The van der Waals surface area contributed by atoms with E-state index >= 15 is 0 Å². The predicted octanol–water partition coefficient (Wildman–Crippen LogP) is 3.08. The van der Waals surface area contributed by atoms with Gasteiger partial charge in [-0.05, 0) is 11.6 Å². The van der Waals surface area contributed by atoms with Crippen molar-refractivity contribution in [1.82, 2.24) is 14.9 Å². The van der Waals surface area contributed by atoms with E-state index in [4.69, 9.17) is 5.84 Å². The number of ketones is 1. The summed E-state index contributed by atoms with van der Waals surface area (Å²) in [5.41, 5.74) is 4.45. The van der Waals surface area contributed by atoms with Gasteiger partial charge < -0.3 is 5.84 Å². The highest BCUT2D eigenvalue weighted by molar-refractivity contribution is 7.99. The number of carbonyl (C=O) groups is 1. The molecule has 7 nitrogen and oxygen atoms in total. The molecule has 0 atom stereocenters. The Morgan fingerprint density at radius 3 is 2.56 bits per heavy atom. The predicted molar refractivity (Wildman–Crippen MR) is 109 cm³/mol. The first-order valence-electron chi connectivity index (χ1n) is 8.16. The molecule has 0 bridgehead atoms.